The first-order chi connectivity index (χ1) is 8.51. The standard InChI is InChI=1S/C14H25NO3/c1-4-18-14(17)6-5-13(16)15-12-8-10(2)7-11(3)9-12/h10-12H,4-9H2,1-3H3,(H,15,16). The molecule has 0 aromatic rings. The van der Waals surface area contributed by atoms with Gasteiger partial charge in [-0.15, -0.1) is 0 Å². The Morgan fingerprint density at radius 1 is 1.11 bits per heavy atom. The Morgan fingerprint density at radius 3 is 2.28 bits per heavy atom. The number of ether oxygens (including phenoxy) is 1. The molecule has 0 aromatic carbocycles. The molecule has 1 saturated carbocycles. The number of hydrogen-bond acceptors (Lipinski definition) is 3. The summed E-state index contributed by atoms with van der Waals surface area (Å²) in [5.74, 6) is 1.01. The Balaban J connectivity index is 2.25. The van der Waals surface area contributed by atoms with Crippen LogP contribution in [0.15, 0.2) is 0 Å². The molecule has 0 aromatic heterocycles. The number of hydrogen-bond donors (Lipinski definition) is 1. The molecule has 0 bridgehead atoms. The van der Waals surface area contributed by atoms with E-state index >= 15 is 0 Å². The monoisotopic (exact) mass is 255 g/mol. The molecule has 0 spiro atoms. The number of amides is 1. The fourth-order valence-electron chi connectivity index (χ4n) is 2.81. The summed E-state index contributed by atoms with van der Waals surface area (Å²) in [5.41, 5.74) is 0. The zero-order valence-electron chi connectivity index (χ0n) is 11.7. The van der Waals surface area contributed by atoms with Gasteiger partial charge >= 0.3 is 5.97 Å². The highest BCUT2D eigenvalue weighted by molar-refractivity contribution is 5.81. The summed E-state index contributed by atoms with van der Waals surface area (Å²) in [7, 11) is 0. The highest BCUT2D eigenvalue weighted by Gasteiger charge is 2.24. The van der Waals surface area contributed by atoms with E-state index in [0.29, 0.717) is 18.4 Å². The van der Waals surface area contributed by atoms with Crippen molar-refractivity contribution in [3.63, 3.8) is 0 Å². The van der Waals surface area contributed by atoms with Gasteiger partial charge in [0.25, 0.3) is 0 Å². The van der Waals surface area contributed by atoms with Crippen molar-refractivity contribution in [1.29, 1.82) is 0 Å². The van der Waals surface area contributed by atoms with Gasteiger partial charge in [0.05, 0.1) is 13.0 Å². The highest BCUT2D eigenvalue weighted by atomic mass is 16.5. The Morgan fingerprint density at radius 2 is 1.72 bits per heavy atom. The molecule has 1 amide bonds. The molecule has 4 nitrogen and oxygen atoms in total. The van der Waals surface area contributed by atoms with E-state index in [2.05, 4.69) is 19.2 Å². The van der Waals surface area contributed by atoms with Gasteiger partial charge in [-0.2, -0.15) is 0 Å². The number of esters is 1. The van der Waals surface area contributed by atoms with Crippen LogP contribution in [0.2, 0.25) is 0 Å². The third-order valence-electron chi connectivity index (χ3n) is 3.41. The summed E-state index contributed by atoms with van der Waals surface area (Å²) in [4.78, 5) is 22.9. The van der Waals surface area contributed by atoms with Gasteiger partial charge in [-0.3, -0.25) is 9.59 Å². The molecule has 1 N–H and O–H groups in total. The lowest BCUT2D eigenvalue weighted by atomic mass is 9.80. The molecular weight excluding hydrogens is 230 g/mol. The van der Waals surface area contributed by atoms with Gasteiger partial charge in [-0.05, 0) is 38.0 Å². The van der Waals surface area contributed by atoms with E-state index in [1.165, 1.54) is 6.42 Å². The fraction of sp³-hybridized carbons (Fsp3) is 0.857. The van der Waals surface area contributed by atoms with Crippen molar-refractivity contribution in [3.8, 4) is 0 Å². The zero-order chi connectivity index (χ0) is 13.5. The second kappa shape index (κ2) is 7.39. The third-order valence-corrected chi connectivity index (χ3v) is 3.41. The van der Waals surface area contributed by atoms with Gasteiger partial charge in [0.2, 0.25) is 5.91 Å². The predicted octanol–water partition coefficient (Wildman–Crippen LogP) is 2.27. The van der Waals surface area contributed by atoms with Crippen LogP contribution in [-0.2, 0) is 14.3 Å². The second-order valence-corrected chi connectivity index (χ2v) is 5.49. The van der Waals surface area contributed by atoms with Gasteiger partial charge in [-0.1, -0.05) is 13.8 Å². The highest BCUT2D eigenvalue weighted by Crippen LogP contribution is 2.28. The van der Waals surface area contributed by atoms with Crippen LogP contribution < -0.4 is 5.32 Å². The van der Waals surface area contributed by atoms with E-state index in [4.69, 9.17) is 4.74 Å². The van der Waals surface area contributed by atoms with Crippen LogP contribution in [0.5, 0.6) is 0 Å². The lowest BCUT2D eigenvalue weighted by Gasteiger charge is -2.31. The second-order valence-electron chi connectivity index (χ2n) is 5.49. The van der Waals surface area contributed by atoms with Crippen LogP contribution in [0.1, 0.15) is 52.9 Å². The maximum atomic E-state index is 11.7. The van der Waals surface area contributed by atoms with Crippen molar-refractivity contribution < 1.29 is 14.3 Å². The minimum atomic E-state index is -0.293. The Labute approximate surface area is 109 Å². The molecule has 104 valence electrons. The van der Waals surface area contributed by atoms with Crippen molar-refractivity contribution >= 4 is 11.9 Å². The fourth-order valence-corrected chi connectivity index (χ4v) is 2.81. The number of carbonyl (C=O) groups excluding carboxylic acids is 2. The molecule has 1 aliphatic rings. The van der Waals surface area contributed by atoms with Crippen molar-refractivity contribution in [1.82, 2.24) is 5.32 Å². The van der Waals surface area contributed by atoms with Crippen LogP contribution in [0.25, 0.3) is 0 Å². The van der Waals surface area contributed by atoms with E-state index in [-0.39, 0.29) is 30.8 Å². The predicted molar refractivity (Wildman–Crippen MR) is 70.0 cm³/mol. The molecule has 2 atom stereocenters. The molecule has 18 heavy (non-hydrogen) atoms. The molecule has 0 radical (unpaired) electrons. The number of nitrogens with one attached hydrogen (secondary N) is 1. The van der Waals surface area contributed by atoms with Gasteiger partial charge < -0.3 is 10.1 Å². The average Bonchev–Trinajstić information content (AvgIpc) is 2.25. The lowest BCUT2D eigenvalue weighted by Crippen LogP contribution is -2.40. The van der Waals surface area contributed by atoms with Crippen molar-refractivity contribution in [2.24, 2.45) is 11.8 Å². The van der Waals surface area contributed by atoms with Crippen LogP contribution >= 0.6 is 0 Å². The summed E-state index contributed by atoms with van der Waals surface area (Å²) < 4.78 is 4.80. The first-order valence-corrected chi connectivity index (χ1v) is 6.96. The summed E-state index contributed by atoms with van der Waals surface area (Å²) in [6.07, 6.45) is 3.76. The smallest absolute Gasteiger partial charge is 0.306 e. The normalized spacial score (nSPS) is 27.6. The molecule has 2 unspecified atom stereocenters. The topological polar surface area (TPSA) is 55.4 Å². The molecule has 1 fully saturated rings. The molecular formula is C14H25NO3. The van der Waals surface area contributed by atoms with E-state index in [0.717, 1.165) is 12.8 Å². The van der Waals surface area contributed by atoms with E-state index < -0.39 is 0 Å². The quantitative estimate of drug-likeness (QED) is 0.767. The minimum absolute atomic E-state index is 0.0330. The molecule has 0 aliphatic heterocycles. The van der Waals surface area contributed by atoms with Crippen LogP contribution in [-0.4, -0.2) is 24.5 Å². The van der Waals surface area contributed by atoms with E-state index in [1.807, 2.05) is 0 Å². The van der Waals surface area contributed by atoms with Gasteiger partial charge in [0.1, 0.15) is 0 Å². The largest absolute Gasteiger partial charge is 0.466 e. The van der Waals surface area contributed by atoms with E-state index in [1.54, 1.807) is 6.92 Å². The molecule has 1 rings (SSSR count). The SMILES string of the molecule is CCOC(=O)CCC(=O)NC1CC(C)CC(C)C1. The summed E-state index contributed by atoms with van der Waals surface area (Å²) in [6, 6.07) is 0.276. The molecule has 0 heterocycles. The van der Waals surface area contributed by atoms with Gasteiger partial charge in [0, 0.05) is 12.5 Å². The average molecular weight is 255 g/mol. The maximum absolute atomic E-state index is 11.7. The summed E-state index contributed by atoms with van der Waals surface area (Å²) >= 11 is 0. The Bertz CT molecular complexity index is 281. The van der Waals surface area contributed by atoms with Crippen LogP contribution in [0, 0.1) is 11.8 Å². The third kappa shape index (κ3) is 5.52. The van der Waals surface area contributed by atoms with Crippen molar-refractivity contribution in [2.45, 2.75) is 58.9 Å². The molecule has 0 saturated heterocycles. The lowest BCUT2D eigenvalue weighted by molar-refractivity contribution is -0.144. The minimum Gasteiger partial charge on any atom is -0.466 e. The Kier molecular flexibility index (Phi) is 6.16. The van der Waals surface area contributed by atoms with Crippen molar-refractivity contribution in [3.05, 3.63) is 0 Å². The first kappa shape index (κ1) is 15.0. The van der Waals surface area contributed by atoms with Gasteiger partial charge in [0.15, 0.2) is 0 Å². The van der Waals surface area contributed by atoms with Crippen molar-refractivity contribution in [2.75, 3.05) is 6.61 Å². The first-order valence-electron chi connectivity index (χ1n) is 6.96. The van der Waals surface area contributed by atoms with Gasteiger partial charge in [-0.25, -0.2) is 0 Å². The van der Waals surface area contributed by atoms with Crippen LogP contribution in [0.3, 0.4) is 0 Å². The number of carbonyl (C=O) groups is 2. The van der Waals surface area contributed by atoms with Crippen LogP contribution in [0.4, 0.5) is 0 Å². The van der Waals surface area contributed by atoms with E-state index in [9.17, 15) is 9.59 Å². The summed E-state index contributed by atoms with van der Waals surface area (Å²) in [6.45, 7) is 6.60. The number of rotatable bonds is 5. The molecule has 4 heteroatoms. The molecule has 1 aliphatic carbocycles. The maximum Gasteiger partial charge on any atom is 0.306 e. The Hall–Kier alpha value is -1.06. The zero-order valence-corrected chi connectivity index (χ0v) is 11.7. The summed E-state index contributed by atoms with van der Waals surface area (Å²) in [5, 5.41) is 3.03.